The maximum atomic E-state index is 9.27. The summed E-state index contributed by atoms with van der Waals surface area (Å²) in [6, 6.07) is 0. The van der Waals surface area contributed by atoms with Gasteiger partial charge in [-0.25, -0.2) is 0 Å². The summed E-state index contributed by atoms with van der Waals surface area (Å²) in [5.41, 5.74) is 0.927. The van der Waals surface area contributed by atoms with E-state index in [-0.39, 0.29) is 6.61 Å². The van der Waals surface area contributed by atoms with Crippen molar-refractivity contribution >= 4 is 12.2 Å². The van der Waals surface area contributed by atoms with Gasteiger partial charge in [0.25, 0.3) is 0 Å². The maximum absolute atomic E-state index is 9.27. The lowest BCUT2D eigenvalue weighted by molar-refractivity contribution is 0.261. The molecule has 0 atom stereocenters. The van der Waals surface area contributed by atoms with E-state index >= 15 is 0 Å². The molecule has 0 bridgehead atoms. The molecule has 3 nitrogen and oxygen atoms in total. The third-order valence-electron chi connectivity index (χ3n) is 3.96. The minimum absolute atomic E-state index is 0.0786. The molecular weight excluding hydrogens is 220 g/mol. The average Bonchev–Trinajstić information content (AvgIpc) is 3.15. The zero-order valence-corrected chi connectivity index (χ0v) is 10.2. The summed E-state index contributed by atoms with van der Waals surface area (Å²) < 4.78 is 2.85. The fourth-order valence-corrected chi connectivity index (χ4v) is 2.96. The summed E-state index contributed by atoms with van der Waals surface area (Å²) >= 11 is 5.27. The quantitative estimate of drug-likeness (QED) is 0.774. The molecule has 2 fully saturated rings. The number of aliphatic hydroxyl groups is 1. The van der Waals surface area contributed by atoms with Gasteiger partial charge in [-0.1, -0.05) is 0 Å². The number of aliphatic hydroxyl groups excluding tert-OH is 1. The van der Waals surface area contributed by atoms with Crippen LogP contribution >= 0.6 is 12.2 Å². The Morgan fingerprint density at radius 1 is 1.38 bits per heavy atom. The number of H-pyrrole nitrogens is 1. The predicted molar refractivity (Wildman–Crippen MR) is 64.5 cm³/mol. The molecule has 2 aliphatic carbocycles. The Kier molecular flexibility index (Phi) is 2.64. The van der Waals surface area contributed by atoms with Gasteiger partial charge in [-0.3, -0.25) is 0 Å². The predicted octanol–water partition coefficient (Wildman–Crippen LogP) is 2.47. The van der Waals surface area contributed by atoms with Gasteiger partial charge < -0.3 is 14.7 Å². The van der Waals surface area contributed by atoms with Crippen molar-refractivity contribution in [1.82, 2.24) is 9.55 Å². The molecule has 0 amide bonds. The lowest BCUT2D eigenvalue weighted by Crippen LogP contribution is -2.16. The molecule has 88 valence electrons. The van der Waals surface area contributed by atoms with Gasteiger partial charge in [0, 0.05) is 12.7 Å². The number of hydrogen-bond donors (Lipinski definition) is 2. The summed E-state index contributed by atoms with van der Waals surface area (Å²) in [4.78, 5) is 3.03. The van der Waals surface area contributed by atoms with E-state index in [1.807, 2.05) is 6.20 Å². The second-order valence-electron chi connectivity index (χ2n) is 5.19. The van der Waals surface area contributed by atoms with Crippen LogP contribution in [-0.2, 0) is 13.2 Å². The highest BCUT2D eigenvalue weighted by Gasteiger charge is 2.41. The third kappa shape index (κ3) is 1.96. The number of hydrogen-bond acceptors (Lipinski definition) is 2. The zero-order valence-electron chi connectivity index (χ0n) is 9.35. The van der Waals surface area contributed by atoms with E-state index in [1.54, 1.807) is 0 Å². The first-order valence-corrected chi connectivity index (χ1v) is 6.58. The maximum Gasteiger partial charge on any atom is 0.177 e. The van der Waals surface area contributed by atoms with Crippen molar-refractivity contribution in [2.24, 2.45) is 17.8 Å². The van der Waals surface area contributed by atoms with Crippen LogP contribution in [0.2, 0.25) is 0 Å². The van der Waals surface area contributed by atoms with E-state index in [1.165, 1.54) is 25.7 Å². The van der Waals surface area contributed by atoms with Crippen molar-refractivity contribution in [3.63, 3.8) is 0 Å². The van der Waals surface area contributed by atoms with Crippen molar-refractivity contribution in [1.29, 1.82) is 0 Å². The molecule has 0 aliphatic heterocycles. The van der Waals surface area contributed by atoms with E-state index in [4.69, 9.17) is 12.2 Å². The number of imidazole rings is 1. The lowest BCUT2D eigenvalue weighted by Gasteiger charge is -2.17. The first-order chi connectivity index (χ1) is 7.79. The molecule has 0 unspecified atom stereocenters. The topological polar surface area (TPSA) is 40.9 Å². The molecule has 0 spiro atoms. The van der Waals surface area contributed by atoms with Crippen LogP contribution in [0.3, 0.4) is 0 Å². The standard InChI is InChI=1S/C12H18N2OS/c15-7-10-5-13-12(16)14(10)6-11(8-1-2-8)9-3-4-9/h5,8-9,11,15H,1-4,6-7H2,(H,13,16). The second kappa shape index (κ2) is 4.00. The van der Waals surface area contributed by atoms with Gasteiger partial charge in [0.1, 0.15) is 0 Å². The molecule has 2 N–H and O–H groups in total. The summed E-state index contributed by atoms with van der Waals surface area (Å²) in [5.74, 6) is 2.65. The lowest BCUT2D eigenvalue weighted by atomic mass is 9.98. The number of aromatic amines is 1. The third-order valence-corrected chi connectivity index (χ3v) is 4.30. The van der Waals surface area contributed by atoms with Crippen molar-refractivity contribution in [2.75, 3.05) is 0 Å². The molecule has 16 heavy (non-hydrogen) atoms. The number of nitrogens with one attached hydrogen (secondary N) is 1. The van der Waals surface area contributed by atoms with Crippen LogP contribution in [-0.4, -0.2) is 14.7 Å². The van der Waals surface area contributed by atoms with Crippen LogP contribution in [0.4, 0.5) is 0 Å². The van der Waals surface area contributed by atoms with E-state index in [0.29, 0.717) is 0 Å². The van der Waals surface area contributed by atoms with Crippen molar-refractivity contribution in [3.05, 3.63) is 16.7 Å². The van der Waals surface area contributed by atoms with Gasteiger partial charge in [0.2, 0.25) is 0 Å². The summed E-state index contributed by atoms with van der Waals surface area (Å²) in [6.07, 6.45) is 7.42. The van der Waals surface area contributed by atoms with Crippen LogP contribution in [0, 0.1) is 22.5 Å². The van der Waals surface area contributed by atoms with Gasteiger partial charge >= 0.3 is 0 Å². The second-order valence-corrected chi connectivity index (χ2v) is 5.58. The SMILES string of the molecule is OCc1c[nH]c(=S)n1CC(C1CC1)C1CC1. The Bertz CT molecular complexity index is 416. The number of nitrogens with zero attached hydrogens (tertiary/aromatic N) is 1. The van der Waals surface area contributed by atoms with Gasteiger partial charge in [-0.05, 0) is 55.7 Å². The fraction of sp³-hybridized carbons (Fsp3) is 0.750. The van der Waals surface area contributed by atoms with Crippen LogP contribution in [0.5, 0.6) is 0 Å². The summed E-state index contributed by atoms with van der Waals surface area (Å²) in [7, 11) is 0. The Balaban J connectivity index is 1.80. The fourth-order valence-electron chi connectivity index (χ4n) is 2.71. The molecule has 4 heteroatoms. The van der Waals surface area contributed by atoms with Crippen LogP contribution < -0.4 is 0 Å². The Labute approximate surface area is 100 Å². The summed E-state index contributed by atoms with van der Waals surface area (Å²) in [6.45, 7) is 1.09. The van der Waals surface area contributed by atoms with Gasteiger partial charge in [0.05, 0.1) is 12.3 Å². The van der Waals surface area contributed by atoms with Gasteiger partial charge in [-0.15, -0.1) is 0 Å². The summed E-state index contributed by atoms with van der Waals surface area (Å²) in [5, 5.41) is 9.27. The smallest absolute Gasteiger partial charge is 0.177 e. The molecular formula is C12H18N2OS. The Hall–Kier alpha value is -0.610. The molecule has 2 aliphatic rings. The molecule has 1 aromatic heterocycles. The van der Waals surface area contributed by atoms with Gasteiger partial charge in [0.15, 0.2) is 4.77 Å². The van der Waals surface area contributed by atoms with Crippen molar-refractivity contribution < 1.29 is 5.11 Å². The Morgan fingerprint density at radius 3 is 2.50 bits per heavy atom. The first kappa shape index (κ1) is 10.5. The number of rotatable bonds is 5. The number of aromatic nitrogens is 2. The zero-order chi connectivity index (χ0) is 11.1. The molecule has 1 aromatic rings. The molecule has 0 aromatic carbocycles. The highest BCUT2D eigenvalue weighted by Crippen LogP contribution is 2.49. The van der Waals surface area contributed by atoms with Crippen LogP contribution in [0.25, 0.3) is 0 Å². The van der Waals surface area contributed by atoms with E-state index in [9.17, 15) is 5.11 Å². The highest BCUT2D eigenvalue weighted by atomic mass is 32.1. The van der Waals surface area contributed by atoms with Crippen molar-refractivity contribution in [3.8, 4) is 0 Å². The van der Waals surface area contributed by atoms with E-state index in [0.717, 1.165) is 34.8 Å². The molecule has 0 saturated heterocycles. The van der Waals surface area contributed by atoms with Crippen molar-refractivity contribution in [2.45, 2.75) is 38.8 Å². The van der Waals surface area contributed by atoms with Gasteiger partial charge in [-0.2, -0.15) is 0 Å². The Morgan fingerprint density at radius 2 is 2.00 bits per heavy atom. The first-order valence-electron chi connectivity index (χ1n) is 6.17. The normalized spacial score (nSPS) is 20.6. The minimum Gasteiger partial charge on any atom is -0.390 e. The van der Waals surface area contributed by atoms with E-state index < -0.39 is 0 Å². The monoisotopic (exact) mass is 238 g/mol. The average molecular weight is 238 g/mol. The highest BCUT2D eigenvalue weighted by molar-refractivity contribution is 7.71. The van der Waals surface area contributed by atoms with E-state index in [2.05, 4.69) is 9.55 Å². The molecule has 1 heterocycles. The molecule has 0 radical (unpaired) electrons. The minimum atomic E-state index is 0.0786. The molecule has 3 rings (SSSR count). The largest absolute Gasteiger partial charge is 0.390 e. The van der Waals surface area contributed by atoms with Crippen LogP contribution in [0.1, 0.15) is 31.4 Å². The van der Waals surface area contributed by atoms with Crippen LogP contribution in [0.15, 0.2) is 6.20 Å². The molecule has 2 saturated carbocycles.